The van der Waals surface area contributed by atoms with Crippen LogP contribution in [-0.2, 0) is 21.1 Å². The van der Waals surface area contributed by atoms with E-state index < -0.39 is 9.84 Å². The van der Waals surface area contributed by atoms with E-state index in [1.165, 1.54) is 5.56 Å². The minimum atomic E-state index is -2.92. The van der Waals surface area contributed by atoms with Gasteiger partial charge in [0.15, 0.2) is 9.84 Å². The summed E-state index contributed by atoms with van der Waals surface area (Å²) in [6, 6.07) is 7.94. The number of hydrogen-bond donors (Lipinski definition) is 0. The van der Waals surface area contributed by atoms with E-state index in [9.17, 15) is 13.2 Å². The van der Waals surface area contributed by atoms with Gasteiger partial charge < -0.3 is 9.64 Å². The molecule has 0 saturated carbocycles. The van der Waals surface area contributed by atoms with Crippen molar-refractivity contribution in [3.05, 3.63) is 29.8 Å². The van der Waals surface area contributed by atoms with E-state index in [2.05, 4.69) is 13.0 Å². The van der Waals surface area contributed by atoms with Crippen LogP contribution in [0.4, 0.5) is 0 Å². The maximum Gasteiger partial charge on any atom is 0.237 e. The number of sulfone groups is 1. The van der Waals surface area contributed by atoms with Crippen molar-refractivity contribution in [2.45, 2.75) is 31.9 Å². The minimum absolute atomic E-state index is 0.0359. The number of hydrogen-bond acceptors (Lipinski definition) is 5. The molecule has 138 valence electrons. The first-order valence-electron chi connectivity index (χ1n) is 8.81. The average Bonchev–Trinajstić information content (AvgIpc) is 2.90. The van der Waals surface area contributed by atoms with Gasteiger partial charge in [0.2, 0.25) is 5.91 Å². The third-order valence-corrected chi connectivity index (χ3v) is 6.81. The van der Waals surface area contributed by atoms with Gasteiger partial charge in [0.05, 0.1) is 31.1 Å². The standard InChI is InChI=1S/C18H26N2O4S/c1-3-14-6-4-5-7-17(14)24-16-10-20(11-16)18(21)12-19(2)15-8-9-25(22,23)13-15/h4-7,15-16H,3,8-13H2,1-2H3/t15-/m1/s1. The van der Waals surface area contributed by atoms with Crippen LogP contribution in [0.5, 0.6) is 5.75 Å². The van der Waals surface area contributed by atoms with Crippen molar-refractivity contribution in [3.63, 3.8) is 0 Å². The van der Waals surface area contributed by atoms with Crippen molar-refractivity contribution >= 4 is 15.7 Å². The maximum absolute atomic E-state index is 12.4. The normalized spacial score (nSPS) is 22.8. The van der Waals surface area contributed by atoms with Gasteiger partial charge in [-0.2, -0.15) is 0 Å². The summed E-state index contributed by atoms with van der Waals surface area (Å²) in [5, 5.41) is 0. The van der Waals surface area contributed by atoms with Crippen LogP contribution in [-0.4, -0.2) is 74.5 Å². The van der Waals surface area contributed by atoms with Crippen LogP contribution in [0.25, 0.3) is 0 Å². The molecule has 0 unspecified atom stereocenters. The summed E-state index contributed by atoms with van der Waals surface area (Å²) >= 11 is 0. The second-order valence-corrected chi connectivity index (χ2v) is 9.20. The summed E-state index contributed by atoms with van der Waals surface area (Å²) in [5.74, 6) is 1.33. The fourth-order valence-corrected chi connectivity index (χ4v) is 5.18. The molecule has 1 aromatic rings. The Kier molecular flexibility index (Phi) is 5.34. The quantitative estimate of drug-likeness (QED) is 0.750. The smallest absolute Gasteiger partial charge is 0.237 e. The zero-order valence-corrected chi connectivity index (χ0v) is 15.7. The lowest BCUT2D eigenvalue weighted by atomic mass is 10.1. The SMILES string of the molecule is CCc1ccccc1OC1CN(C(=O)CN(C)[C@@H]2CCS(=O)(=O)C2)C1. The number of amides is 1. The molecule has 1 atom stereocenters. The van der Waals surface area contributed by atoms with E-state index in [0.717, 1.165) is 12.2 Å². The van der Waals surface area contributed by atoms with E-state index in [-0.39, 0.29) is 36.1 Å². The third-order valence-electron chi connectivity index (χ3n) is 5.06. The number of para-hydroxylation sites is 1. The molecular weight excluding hydrogens is 340 g/mol. The van der Waals surface area contributed by atoms with Crippen LogP contribution in [0.1, 0.15) is 18.9 Å². The molecule has 25 heavy (non-hydrogen) atoms. The molecule has 1 aromatic carbocycles. The van der Waals surface area contributed by atoms with Crippen molar-refractivity contribution in [2.24, 2.45) is 0 Å². The number of likely N-dealkylation sites (tertiary alicyclic amines) is 1. The Labute approximate surface area is 149 Å². The Morgan fingerprint density at radius 2 is 2.04 bits per heavy atom. The summed E-state index contributed by atoms with van der Waals surface area (Å²) in [7, 11) is -1.10. The molecule has 0 aliphatic carbocycles. The molecule has 2 heterocycles. The highest BCUT2D eigenvalue weighted by Crippen LogP contribution is 2.23. The molecule has 1 amide bonds. The van der Waals surface area contributed by atoms with Gasteiger partial charge in [0.25, 0.3) is 0 Å². The predicted octanol–water partition coefficient (Wildman–Crippen LogP) is 0.958. The van der Waals surface area contributed by atoms with Crippen LogP contribution in [0, 0.1) is 0 Å². The lowest BCUT2D eigenvalue weighted by Gasteiger charge is -2.40. The number of ether oxygens (including phenoxy) is 1. The third kappa shape index (κ3) is 4.33. The first kappa shape index (κ1) is 18.2. The molecule has 2 aliphatic rings. The Morgan fingerprint density at radius 1 is 1.32 bits per heavy atom. The minimum Gasteiger partial charge on any atom is -0.486 e. The van der Waals surface area contributed by atoms with Crippen LogP contribution < -0.4 is 4.74 Å². The van der Waals surface area contributed by atoms with Gasteiger partial charge in [-0.15, -0.1) is 0 Å². The van der Waals surface area contributed by atoms with E-state index in [1.54, 1.807) is 4.90 Å². The molecule has 0 bridgehead atoms. The zero-order valence-electron chi connectivity index (χ0n) is 14.8. The topological polar surface area (TPSA) is 66.9 Å². The van der Waals surface area contributed by atoms with Gasteiger partial charge in [-0.3, -0.25) is 9.69 Å². The second kappa shape index (κ2) is 7.33. The Hall–Kier alpha value is -1.60. The lowest BCUT2D eigenvalue weighted by Crippen LogP contribution is -2.58. The molecule has 2 saturated heterocycles. The van der Waals surface area contributed by atoms with Gasteiger partial charge >= 0.3 is 0 Å². The molecule has 0 spiro atoms. The molecule has 0 aromatic heterocycles. The molecule has 0 radical (unpaired) electrons. The number of nitrogens with zero attached hydrogens (tertiary/aromatic N) is 2. The molecule has 2 fully saturated rings. The highest BCUT2D eigenvalue weighted by Gasteiger charge is 2.35. The summed E-state index contributed by atoms with van der Waals surface area (Å²) in [6.45, 7) is 3.54. The van der Waals surface area contributed by atoms with E-state index in [4.69, 9.17) is 4.74 Å². The van der Waals surface area contributed by atoms with Crippen molar-refractivity contribution in [1.82, 2.24) is 9.80 Å². The number of benzene rings is 1. The number of likely N-dealkylation sites (N-methyl/N-ethyl adjacent to an activating group) is 1. The largest absolute Gasteiger partial charge is 0.486 e. The first-order chi connectivity index (χ1) is 11.9. The van der Waals surface area contributed by atoms with Gasteiger partial charge in [0, 0.05) is 6.04 Å². The molecule has 3 rings (SSSR count). The Morgan fingerprint density at radius 3 is 2.68 bits per heavy atom. The van der Waals surface area contributed by atoms with E-state index in [1.807, 2.05) is 30.1 Å². The Balaban J connectivity index is 1.45. The zero-order chi connectivity index (χ0) is 18.0. The monoisotopic (exact) mass is 366 g/mol. The number of aryl methyl sites for hydroxylation is 1. The summed E-state index contributed by atoms with van der Waals surface area (Å²) in [6.07, 6.45) is 1.57. The number of carbonyl (C=O) groups is 1. The molecule has 0 N–H and O–H groups in total. The van der Waals surface area contributed by atoms with Gasteiger partial charge in [-0.25, -0.2) is 8.42 Å². The van der Waals surface area contributed by atoms with Gasteiger partial charge in [0.1, 0.15) is 11.9 Å². The van der Waals surface area contributed by atoms with Crippen LogP contribution >= 0.6 is 0 Å². The summed E-state index contributed by atoms with van der Waals surface area (Å²) < 4.78 is 29.1. The number of carbonyl (C=O) groups excluding carboxylic acids is 1. The predicted molar refractivity (Wildman–Crippen MR) is 96.5 cm³/mol. The highest BCUT2D eigenvalue weighted by molar-refractivity contribution is 7.91. The molecule has 2 aliphatic heterocycles. The molecule has 7 heteroatoms. The van der Waals surface area contributed by atoms with Crippen LogP contribution in [0.2, 0.25) is 0 Å². The summed E-state index contributed by atoms with van der Waals surface area (Å²) in [4.78, 5) is 16.0. The number of rotatable bonds is 6. The van der Waals surface area contributed by atoms with E-state index >= 15 is 0 Å². The lowest BCUT2D eigenvalue weighted by molar-refractivity contribution is -0.141. The van der Waals surface area contributed by atoms with Crippen LogP contribution in [0.15, 0.2) is 24.3 Å². The maximum atomic E-state index is 12.4. The second-order valence-electron chi connectivity index (χ2n) is 6.97. The molecule has 6 nitrogen and oxygen atoms in total. The van der Waals surface area contributed by atoms with Crippen molar-refractivity contribution < 1.29 is 17.9 Å². The summed E-state index contributed by atoms with van der Waals surface area (Å²) in [5.41, 5.74) is 1.18. The van der Waals surface area contributed by atoms with Crippen LogP contribution in [0.3, 0.4) is 0 Å². The van der Waals surface area contributed by atoms with Crippen molar-refractivity contribution in [1.29, 1.82) is 0 Å². The Bertz CT molecular complexity index is 728. The molecular formula is C18H26N2O4S. The first-order valence-corrected chi connectivity index (χ1v) is 10.6. The fourth-order valence-electron chi connectivity index (χ4n) is 3.37. The average molecular weight is 366 g/mol. The van der Waals surface area contributed by atoms with Gasteiger partial charge in [-0.1, -0.05) is 25.1 Å². The van der Waals surface area contributed by atoms with E-state index in [0.29, 0.717) is 19.5 Å². The van der Waals surface area contributed by atoms with Gasteiger partial charge in [-0.05, 0) is 31.5 Å². The van der Waals surface area contributed by atoms with Crippen molar-refractivity contribution in [3.8, 4) is 5.75 Å². The highest BCUT2D eigenvalue weighted by atomic mass is 32.2. The fraction of sp³-hybridized carbons (Fsp3) is 0.611. The van der Waals surface area contributed by atoms with Crippen molar-refractivity contribution in [2.75, 3.05) is 38.2 Å².